The zero-order chi connectivity index (χ0) is 11.0. The highest BCUT2D eigenvalue weighted by atomic mass is 16.6. The molecule has 14 heavy (non-hydrogen) atoms. The van der Waals surface area contributed by atoms with Gasteiger partial charge in [-0.2, -0.15) is 0 Å². The largest absolute Gasteiger partial charge is 0.464 e. The molecule has 0 aliphatic rings. The molecule has 0 aliphatic heterocycles. The van der Waals surface area contributed by atoms with E-state index in [2.05, 4.69) is 9.89 Å². The van der Waals surface area contributed by atoms with Crippen LogP contribution in [0.25, 0.3) is 0 Å². The number of methoxy groups -OCH3 is 1. The highest BCUT2D eigenvalue weighted by Gasteiger charge is 2.12. The lowest BCUT2D eigenvalue weighted by Gasteiger charge is -2.00. The molecule has 0 saturated heterocycles. The molecule has 0 saturated carbocycles. The summed E-state index contributed by atoms with van der Waals surface area (Å²) in [5.41, 5.74) is -0.115. The van der Waals surface area contributed by atoms with Crippen LogP contribution in [0.15, 0.2) is 5.16 Å². The van der Waals surface area contributed by atoms with E-state index in [1.165, 1.54) is 7.11 Å². The molecule has 0 spiro atoms. The summed E-state index contributed by atoms with van der Waals surface area (Å²) in [6, 6.07) is 0. The lowest BCUT2D eigenvalue weighted by atomic mass is 10.1. The number of rotatable bonds is 6. The first kappa shape index (κ1) is 12.3. The van der Waals surface area contributed by atoms with Gasteiger partial charge in [0.1, 0.15) is 0 Å². The predicted octanol–water partition coefficient (Wildman–Crippen LogP) is 0.437. The predicted molar refractivity (Wildman–Crippen MR) is 46.9 cm³/mol. The minimum atomic E-state index is -0.714. The lowest BCUT2D eigenvalue weighted by Crippen LogP contribution is -2.16. The first-order chi connectivity index (χ1) is 6.61. The summed E-state index contributed by atoms with van der Waals surface area (Å²) in [4.78, 5) is 20.3. The van der Waals surface area contributed by atoms with Crippen molar-refractivity contribution in [1.82, 2.24) is 0 Å². The number of carbonyl (C=O) groups is 1. The van der Waals surface area contributed by atoms with Crippen LogP contribution in [0.2, 0.25) is 0 Å². The Morgan fingerprint density at radius 1 is 1.57 bits per heavy atom. The Morgan fingerprint density at radius 2 is 2.21 bits per heavy atom. The van der Waals surface area contributed by atoms with E-state index < -0.39 is 10.9 Å². The Bertz CT molecular complexity index is 238. The van der Waals surface area contributed by atoms with E-state index in [4.69, 9.17) is 5.21 Å². The van der Waals surface area contributed by atoms with E-state index in [0.717, 1.165) is 0 Å². The number of esters is 1. The Kier molecular flexibility index (Phi) is 6.01. The van der Waals surface area contributed by atoms with Crippen LogP contribution >= 0.6 is 0 Å². The summed E-state index contributed by atoms with van der Waals surface area (Å²) in [5, 5.41) is 21.1. The minimum absolute atomic E-state index is 0.115. The van der Waals surface area contributed by atoms with Crippen LogP contribution in [0.5, 0.6) is 0 Å². The Labute approximate surface area is 80.5 Å². The molecule has 0 bridgehead atoms. The van der Waals surface area contributed by atoms with Gasteiger partial charge in [0.05, 0.1) is 7.11 Å². The summed E-state index contributed by atoms with van der Waals surface area (Å²) in [5.74, 6) is -0.714. The second kappa shape index (κ2) is 6.81. The van der Waals surface area contributed by atoms with E-state index >= 15 is 0 Å². The third-order valence-corrected chi connectivity index (χ3v) is 1.55. The van der Waals surface area contributed by atoms with Crippen molar-refractivity contribution >= 4 is 11.7 Å². The van der Waals surface area contributed by atoms with Crippen LogP contribution in [0, 0.1) is 10.1 Å². The summed E-state index contributed by atoms with van der Waals surface area (Å²) < 4.78 is 4.32. The van der Waals surface area contributed by atoms with Crippen molar-refractivity contribution in [3.05, 3.63) is 10.1 Å². The highest BCUT2D eigenvalue weighted by Crippen LogP contribution is 1.99. The van der Waals surface area contributed by atoms with Gasteiger partial charge in [-0.3, -0.25) is 10.1 Å². The molecule has 0 aromatic rings. The highest BCUT2D eigenvalue weighted by molar-refractivity contribution is 6.36. The van der Waals surface area contributed by atoms with E-state index in [1.807, 2.05) is 0 Å². The van der Waals surface area contributed by atoms with Crippen molar-refractivity contribution in [1.29, 1.82) is 0 Å². The van der Waals surface area contributed by atoms with Gasteiger partial charge in [-0.1, -0.05) is 5.16 Å². The van der Waals surface area contributed by atoms with Crippen LogP contribution in [-0.4, -0.2) is 35.5 Å². The third-order valence-electron chi connectivity index (χ3n) is 1.55. The van der Waals surface area contributed by atoms with Crippen LogP contribution < -0.4 is 0 Å². The number of unbranched alkanes of at least 4 members (excludes halogenated alkanes) is 1. The van der Waals surface area contributed by atoms with Gasteiger partial charge >= 0.3 is 5.97 Å². The number of carbonyl (C=O) groups excluding carboxylic acids is 1. The van der Waals surface area contributed by atoms with Crippen molar-refractivity contribution in [3.8, 4) is 0 Å². The van der Waals surface area contributed by atoms with Gasteiger partial charge in [0.15, 0.2) is 5.71 Å². The van der Waals surface area contributed by atoms with Crippen LogP contribution in [0.4, 0.5) is 0 Å². The molecular weight excluding hydrogens is 192 g/mol. The van der Waals surface area contributed by atoms with Crippen molar-refractivity contribution in [2.45, 2.75) is 19.3 Å². The second-order valence-corrected chi connectivity index (χ2v) is 2.55. The fourth-order valence-electron chi connectivity index (χ4n) is 0.844. The molecule has 1 N–H and O–H groups in total. The minimum Gasteiger partial charge on any atom is -0.464 e. The first-order valence-corrected chi connectivity index (χ1v) is 4.03. The summed E-state index contributed by atoms with van der Waals surface area (Å²) in [6.07, 6.45) is 0.926. The molecule has 0 rings (SSSR count). The molecule has 0 amide bonds. The summed E-state index contributed by atoms with van der Waals surface area (Å²) in [7, 11) is 1.17. The van der Waals surface area contributed by atoms with Gasteiger partial charge in [-0.25, -0.2) is 4.79 Å². The van der Waals surface area contributed by atoms with E-state index in [0.29, 0.717) is 12.8 Å². The van der Waals surface area contributed by atoms with Crippen LogP contribution in [-0.2, 0) is 9.53 Å². The Hall–Kier alpha value is -1.66. The fourth-order valence-corrected chi connectivity index (χ4v) is 0.844. The smallest absolute Gasteiger partial charge is 0.355 e. The van der Waals surface area contributed by atoms with Gasteiger partial charge in [0, 0.05) is 17.8 Å². The van der Waals surface area contributed by atoms with Gasteiger partial charge in [0.2, 0.25) is 6.54 Å². The molecule has 7 heteroatoms. The standard InChI is InChI=1S/C7H12N2O5/c1-14-7(10)6(8-11)4-2-3-5-9(12)13/h11H,2-5H2,1H3/b8-6+. The van der Waals surface area contributed by atoms with Crippen molar-refractivity contribution in [2.24, 2.45) is 5.16 Å². The summed E-state index contributed by atoms with van der Waals surface area (Å²) in [6.45, 7) is -0.153. The number of hydrogen-bond acceptors (Lipinski definition) is 6. The van der Waals surface area contributed by atoms with Crippen molar-refractivity contribution < 1.29 is 19.7 Å². The number of oxime groups is 1. The van der Waals surface area contributed by atoms with Crippen LogP contribution in [0.3, 0.4) is 0 Å². The SMILES string of the molecule is COC(=O)/C(CCCC[N+](=O)[O-])=N/O. The third kappa shape index (κ3) is 5.07. The maximum atomic E-state index is 10.8. The molecule has 0 aliphatic carbocycles. The van der Waals surface area contributed by atoms with Crippen LogP contribution in [0.1, 0.15) is 19.3 Å². The molecule has 0 atom stereocenters. The number of ether oxygens (including phenoxy) is 1. The van der Waals surface area contributed by atoms with Crippen molar-refractivity contribution in [2.75, 3.05) is 13.7 Å². The summed E-state index contributed by atoms with van der Waals surface area (Å²) >= 11 is 0. The molecule has 0 unspecified atom stereocenters. The Balaban J connectivity index is 3.75. The molecule has 0 aromatic carbocycles. The number of nitro groups is 1. The van der Waals surface area contributed by atoms with Gasteiger partial charge in [0.25, 0.3) is 0 Å². The molecule has 80 valence electrons. The zero-order valence-electron chi connectivity index (χ0n) is 7.80. The van der Waals surface area contributed by atoms with Gasteiger partial charge in [-0.15, -0.1) is 0 Å². The topological polar surface area (TPSA) is 102 Å². The average Bonchev–Trinajstić information content (AvgIpc) is 2.16. The fraction of sp³-hybridized carbons (Fsp3) is 0.714. The van der Waals surface area contributed by atoms with Crippen molar-refractivity contribution in [3.63, 3.8) is 0 Å². The maximum Gasteiger partial charge on any atom is 0.355 e. The average molecular weight is 204 g/mol. The first-order valence-electron chi connectivity index (χ1n) is 4.03. The number of nitrogens with zero attached hydrogens (tertiary/aromatic N) is 2. The molecule has 0 radical (unpaired) electrons. The Morgan fingerprint density at radius 3 is 2.64 bits per heavy atom. The monoisotopic (exact) mass is 204 g/mol. The normalized spacial score (nSPS) is 11.1. The van der Waals surface area contributed by atoms with Gasteiger partial charge in [-0.05, 0) is 6.42 Å². The van der Waals surface area contributed by atoms with Gasteiger partial charge < -0.3 is 9.94 Å². The van der Waals surface area contributed by atoms with E-state index in [-0.39, 0.29) is 18.7 Å². The molecule has 0 aromatic heterocycles. The van der Waals surface area contributed by atoms with E-state index in [9.17, 15) is 14.9 Å². The molecule has 0 fully saturated rings. The quantitative estimate of drug-likeness (QED) is 0.169. The second-order valence-electron chi connectivity index (χ2n) is 2.55. The zero-order valence-corrected chi connectivity index (χ0v) is 7.80. The lowest BCUT2D eigenvalue weighted by molar-refractivity contribution is -0.480. The molecule has 0 heterocycles. The number of hydrogen-bond donors (Lipinski definition) is 1. The van der Waals surface area contributed by atoms with E-state index in [1.54, 1.807) is 0 Å². The molecule has 7 nitrogen and oxygen atoms in total. The maximum absolute atomic E-state index is 10.8. The molecular formula is C7H12N2O5.